The monoisotopic (exact) mass is 428 g/mol. The van der Waals surface area contributed by atoms with Gasteiger partial charge in [-0.05, 0) is 24.1 Å². The lowest BCUT2D eigenvalue weighted by Crippen LogP contribution is -2.47. The molecule has 0 bridgehead atoms. The van der Waals surface area contributed by atoms with Crippen LogP contribution in [0.1, 0.15) is 23.6 Å². The third-order valence-corrected chi connectivity index (χ3v) is 5.69. The number of nitrogens with zero attached hydrogens (tertiary/aromatic N) is 3. The molecule has 2 heterocycles. The highest BCUT2D eigenvalue weighted by atomic mass is 19.4. The molecular weight excluding hydrogens is 397 g/mol. The molecular formula is C21H31F3N4O2. The number of hydrogen-bond acceptors (Lipinski definition) is 4. The van der Waals surface area contributed by atoms with E-state index < -0.39 is 11.7 Å². The average molecular weight is 428 g/mol. The second kappa shape index (κ2) is 10.5. The first-order chi connectivity index (χ1) is 14.4. The highest BCUT2D eigenvalue weighted by Crippen LogP contribution is 2.31. The summed E-state index contributed by atoms with van der Waals surface area (Å²) >= 11 is 0. The van der Waals surface area contributed by atoms with Gasteiger partial charge in [0.05, 0.1) is 31.4 Å². The van der Waals surface area contributed by atoms with Crippen molar-refractivity contribution in [3.8, 4) is 0 Å². The Kier molecular flexibility index (Phi) is 7.96. The molecule has 1 aromatic carbocycles. The summed E-state index contributed by atoms with van der Waals surface area (Å²) in [7, 11) is 3.74. The van der Waals surface area contributed by atoms with Gasteiger partial charge in [-0.1, -0.05) is 12.1 Å². The number of guanidine groups is 1. The molecule has 9 heteroatoms. The van der Waals surface area contributed by atoms with Crippen molar-refractivity contribution in [1.29, 1.82) is 0 Å². The highest BCUT2D eigenvalue weighted by molar-refractivity contribution is 5.79. The molecule has 0 amide bonds. The third-order valence-electron chi connectivity index (χ3n) is 5.69. The van der Waals surface area contributed by atoms with Crippen molar-refractivity contribution in [1.82, 2.24) is 15.1 Å². The van der Waals surface area contributed by atoms with Crippen molar-refractivity contribution in [2.45, 2.75) is 18.6 Å². The largest absolute Gasteiger partial charge is 0.416 e. The molecule has 0 radical (unpaired) electrons. The Bertz CT molecular complexity index is 684. The van der Waals surface area contributed by atoms with E-state index in [9.17, 15) is 13.2 Å². The molecule has 2 fully saturated rings. The number of morpholine rings is 1. The molecule has 30 heavy (non-hydrogen) atoms. The summed E-state index contributed by atoms with van der Waals surface area (Å²) in [5, 5.41) is 3.41. The summed E-state index contributed by atoms with van der Waals surface area (Å²) < 4.78 is 49.8. The van der Waals surface area contributed by atoms with Crippen LogP contribution in [0, 0.1) is 5.92 Å². The predicted octanol–water partition coefficient (Wildman–Crippen LogP) is 2.62. The van der Waals surface area contributed by atoms with Crippen molar-refractivity contribution in [3.63, 3.8) is 0 Å². The Balaban J connectivity index is 1.69. The summed E-state index contributed by atoms with van der Waals surface area (Å²) in [6, 6.07) is 5.39. The van der Waals surface area contributed by atoms with E-state index in [2.05, 4.69) is 20.1 Å². The van der Waals surface area contributed by atoms with Crippen LogP contribution < -0.4 is 5.32 Å². The fourth-order valence-electron chi connectivity index (χ4n) is 4.01. The number of benzene rings is 1. The quantitative estimate of drug-likeness (QED) is 0.558. The molecule has 6 nitrogen and oxygen atoms in total. The first-order valence-corrected chi connectivity index (χ1v) is 10.4. The van der Waals surface area contributed by atoms with Gasteiger partial charge >= 0.3 is 6.18 Å². The molecule has 2 saturated heterocycles. The van der Waals surface area contributed by atoms with E-state index in [1.165, 1.54) is 0 Å². The van der Waals surface area contributed by atoms with Crippen molar-refractivity contribution in [2.24, 2.45) is 10.9 Å². The third kappa shape index (κ3) is 6.09. The average Bonchev–Trinajstić information content (AvgIpc) is 3.24. The number of aliphatic imine (C=N–C) groups is 1. The van der Waals surface area contributed by atoms with E-state index >= 15 is 0 Å². The van der Waals surface area contributed by atoms with Gasteiger partial charge in [0.1, 0.15) is 0 Å². The zero-order valence-corrected chi connectivity index (χ0v) is 17.6. The molecule has 0 spiro atoms. The fourth-order valence-corrected chi connectivity index (χ4v) is 4.01. The number of alkyl halides is 3. The molecule has 2 unspecified atom stereocenters. The minimum absolute atomic E-state index is 0.0730. The SMILES string of the molecule is CN=C(NCC(c1ccc(C(F)(F)F)cc1)N1CCOCC1)N(C)CC1CCOC1. The first kappa shape index (κ1) is 22.8. The molecule has 168 valence electrons. The predicted molar refractivity (Wildman–Crippen MR) is 109 cm³/mol. The van der Waals surface area contributed by atoms with E-state index in [4.69, 9.17) is 9.47 Å². The molecule has 2 aliphatic heterocycles. The Hall–Kier alpha value is -1.84. The van der Waals surface area contributed by atoms with Crippen LogP contribution in [0.2, 0.25) is 0 Å². The van der Waals surface area contributed by atoms with E-state index in [0.29, 0.717) is 25.7 Å². The molecule has 3 rings (SSSR count). The topological polar surface area (TPSA) is 49.3 Å². The van der Waals surface area contributed by atoms with Gasteiger partial charge in [0.2, 0.25) is 0 Å². The van der Waals surface area contributed by atoms with Gasteiger partial charge < -0.3 is 19.7 Å². The number of halogens is 3. The van der Waals surface area contributed by atoms with Crippen LogP contribution >= 0.6 is 0 Å². The Labute approximate surface area is 176 Å². The van der Waals surface area contributed by atoms with E-state index in [1.807, 2.05) is 7.05 Å². The summed E-state index contributed by atoms with van der Waals surface area (Å²) in [5.74, 6) is 1.26. The van der Waals surface area contributed by atoms with Crippen molar-refractivity contribution in [2.75, 3.05) is 66.7 Å². The molecule has 0 saturated carbocycles. The summed E-state index contributed by atoms with van der Waals surface area (Å²) in [6.45, 7) is 5.68. The van der Waals surface area contributed by atoms with Gasteiger partial charge in [-0.3, -0.25) is 9.89 Å². The van der Waals surface area contributed by atoms with E-state index in [-0.39, 0.29) is 6.04 Å². The second-order valence-electron chi connectivity index (χ2n) is 7.82. The lowest BCUT2D eigenvalue weighted by Gasteiger charge is -2.36. The lowest BCUT2D eigenvalue weighted by molar-refractivity contribution is -0.137. The number of hydrogen-bond donors (Lipinski definition) is 1. The van der Waals surface area contributed by atoms with Gasteiger partial charge in [0, 0.05) is 52.8 Å². The minimum atomic E-state index is -4.33. The number of ether oxygens (including phenoxy) is 2. The van der Waals surface area contributed by atoms with Crippen LogP contribution in [0.5, 0.6) is 0 Å². The molecule has 0 aliphatic carbocycles. The smallest absolute Gasteiger partial charge is 0.381 e. The maximum atomic E-state index is 13.0. The summed E-state index contributed by atoms with van der Waals surface area (Å²) in [6.07, 6.45) is -3.29. The van der Waals surface area contributed by atoms with Gasteiger partial charge in [-0.15, -0.1) is 0 Å². The number of rotatable bonds is 6. The molecule has 0 aromatic heterocycles. The zero-order chi connectivity index (χ0) is 21.6. The van der Waals surface area contributed by atoms with E-state index in [1.54, 1.807) is 19.2 Å². The van der Waals surface area contributed by atoms with Gasteiger partial charge in [0.15, 0.2) is 5.96 Å². The Morgan fingerprint density at radius 2 is 1.90 bits per heavy atom. The highest BCUT2D eigenvalue weighted by Gasteiger charge is 2.31. The summed E-state index contributed by atoms with van der Waals surface area (Å²) in [5.41, 5.74) is 0.217. The van der Waals surface area contributed by atoms with Crippen LogP contribution in [0.25, 0.3) is 0 Å². The Morgan fingerprint density at radius 3 is 2.47 bits per heavy atom. The van der Waals surface area contributed by atoms with Crippen LogP contribution in [-0.4, -0.2) is 82.5 Å². The van der Waals surface area contributed by atoms with Gasteiger partial charge in [-0.25, -0.2) is 0 Å². The van der Waals surface area contributed by atoms with Crippen LogP contribution in [0.3, 0.4) is 0 Å². The van der Waals surface area contributed by atoms with Crippen LogP contribution in [0.15, 0.2) is 29.3 Å². The molecule has 1 N–H and O–H groups in total. The standard InChI is InChI=1S/C21H31F3N4O2/c1-25-20(27(2)14-16-7-10-30-15-16)26-13-19(28-8-11-29-12-9-28)17-3-5-18(6-4-17)21(22,23)24/h3-6,16,19H,7-15H2,1-2H3,(H,25,26). The van der Waals surface area contributed by atoms with E-state index in [0.717, 1.165) is 62.9 Å². The minimum Gasteiger partial charge on any atom is -0.381 e. The molecule has 1 aromatic rings. The second-order valence-corrected chi connectivity index (χ2v) is 7.82. The Morgan fingerprint density at radius 1 is 1.20 bits per heavy atom. The maximum Gasteiger partial charge on any atom is 0.416 e. The lowest BCUT2D eigenvalue weighted by atomic mass is 10.0. The van der Waals surface area contributed by atoms with Crippen molar-refractivity contribution < 1.29 is 22.6 Å². The summed E-state index contributed by atoms with van der Waals surface area (Å²) in [4.78, 5) is 8.72. The van der Waals surface area contributed by atoms with Crippen molar-refractivity contribution >= 4 is 5.96 Å². The zero-order valence-electron chi connectivity index (χ0n) is 17.6. The number of nitrogens with one attached hydrogen (secondary N) is 1. The maximum absolute atomic E-state index is 13.0. The van der Waals surface area contributed by atoms with Crippen LogP contribution in [0.4, 0.5) is 13.2 Å². The van der Waals surface area contributed by atoms with Crippen molar-refractivity contribution in [3.05, 3.63) is 35.4 Å². The molecule has 2 atom stereocenters. The normalized spacial score (nSPS) is 22.2. The molecule has 2 aliphatic rings. The first-order valence-electron chi connectivity index (χ1n) is 10.4. The van der Waals surface area contributed by atoms with Gasteiger partial charge in [-0.2, -0.15) is 13.2 Å². The van der Waals surface area contributed by atoms with Gasteiger partial charge in [0.25, 0.3) is 0 Å². The fraction of sp³-hybridized carbons (Fsp3) is 0.667. The van der Waals surface area contributed by atoms with Crippen LogP contribution in [-0.2, 0) is 15.7 Å².